The first-order chi connectivity index (χ1) is 7.77. The van der Waals surface area contributed by atoms with Gasteiger partial charge in [0.05, 0.1) is 16.4 Å². The van der Waals surface area contributed by atoms with Crippen molar-refractivity contribution in [3.8, 4) is 0 Å². The zero-order chi connectivity index (χ0) is 13.3. The molecule has 0 heterocycles. The SMILES string of the molecule is CS(=O)C(F)=Cc1c(F)c(F)c(F)c(F)c1F. The average Bonchev–Trinajstić information content (AvgIpc) is 2.29. The van der Waals surface area contributed by atoms with E-state index >= 15 is 0 Å². The molecule has 0 radical (unpaired) electrons. The quantitative estimate of drug-likeness (QED) is 0.460. The Morgan fingerprint density at radius 1 is 0.941 bits per heavy atom. The van der Waals surface area contributed by atoms with Gasteiger partial charge >= 0.3 is 0 Å². The highest BCUT2D eigenvalue weighted by Crippen LogP contribution is 2.25. The summed E-state index contributed by atoms with van der Waals surface area (Å²) in [6.45, 7) is 0. The maximum Gasteiger partial charge on any atom is 0.200 e. The van der Waals surface area contributed by atoms with Gasteiger partial charge in [-0.05, 0) is 6.08 Å². The number of hydrogen-bond acceptors (Lipinski definition) is 1. The average molecular weight is 274 g/mol. The van der Waals surface area contributed by atoms with Gasteiger partial charge in [0.15, 0.2) is 28.4 Å². The summed E-state index contributed by atoms with van der Waals surface area (Å²) in [5.74, 6) is -11.1. The van der Waals surface area contributed by atoms with Crippen LogP contribution in [-0.2, 0) is 10.8 Å². The first kappa shape index (κ1) is 13.8. The Hall–Kier alpha value is -1.31. The van der Waals surface area contributed by atoms with Gasteiger partial charge in [-0.3, -0.25) is 4.21 Å². The van der Waals surface area contributed by atoms with E-state index in [1.807, 2.05) is 0 Å². The summed E-state index contributed by atoms with van der Waals surface area (Å²) in [7, 11) is -2.22. The highest BCUT2D eigenvalue weighted by molar-refractivity contribution is 7.88. The van der Waals surface area contributed by atoms with E-state index < -0.39 is 50.6 Å². The second-order valence-electron chi connectivity index (χ2n) is 2.89. The van der Waals surface area contributed by atoms with Crippen molar-refractivity contribution >= 4 is 16.9 Å². The second kappa shape index (κ2) is 4.91. The summed E-state index contributed by atoms with van der Waals surface area (Å²) in [5, 5.41) is -1.51. The van der Waals surface area contributed by atoms with Crippen molar-refractivity contribution in [1.82, 2.24) is 0 Å². The number of rotatable bonds is 2. The van der Waals surface area contributed by atoms with Crippen LogP contribution in [0.5, 0.6) is 0 Å². The first-order valence-corrected chi connectivity index (χ1v) is 5.55. The van der Waals surface area contributed by atoms with Crippen molar-refractivity contribution in [2.75, 3.05) is 6.26 Å². The van der Waals surface area contributed by atoms with Crippen LogP contribution in [0.15, 0.2) is 5.16 Å². The van der Waals surface area contributed by atoms with Crippen LogP contribution in [0.4, 0.5) is 26.3 Å². The minimum atomic E-state index is -2.34. The van der Waals surface area contributed by atoms with Crippen LogP contribution in [0.1, 0.15) is 5.56 Å². The molecule has 0 amide bonds. The molecule has 1 nitrogen and oxygen atoms in total. The Morgan fingerprint density at radius 3 is 1.65 bits per heavy atom. The Morgan fingerprint density at radius 2 is 1.29 bits per heavy atom. The van der Waals surface area contributed by atoms with E-state index in [1.165, 1.54) is 0 Å². The van der Waals surface area contributed by atoms with Gasteiger partial charge in [0.1, 0.15) is 0 Å². The van der Waals surface area contributed by atoms with Crippen molar-refractivity contribution in [3.05, 3.63) is 39.8 Å². The van der Waals surface area contributed by atoms with E-state index in [-0.39, 0.29) is 6.08 Å². The fourth-order valence-electron chi connectivity index (χ4n) is 0.945. The fourth-order valence-corrected chi connectivity index (χ4v) is 1.23. The molecule has 1 unspecified atom stereocenters. The molecule has 0 aliphatic carbocycles. The Bertz CT molecular complexity index is 496. The number of halogens is 6. The van der Waals surface area contributed by atoms with E-state index in [4.69, 9.17) is 0 Å². The van der Waals surface area contributed by atoms with E-state index in [0.717, 1.165) is 6.26 Å². The second-order valence-corrected chi connectivity index (χ2v) is 4.18. The Kier molecular flexibility index (Phi) is 3.97. The van der Waals surface area contributed by atoms with Crippen LogP contribution >= 0.6 is 0 Å². The summed E-state index contributed by atoms with van der Waals surface area (Å²) in [6, 6.07) is 0. The monoisotopic (exact) mass is 274 g/mol. The van der Waals surface area contributed by atoms with E-state index in [2.05, 4.69) is 0 Å². The summed E-state index contributed by atoms with van der Waals surface area (Å²) < 4.78 is 87.3. The predicted octanol–water partition coefficient (Wildman–Crippen LogP) is 3.03. The molecule has 0 fully saturated rings. The third-order valence-corrected chi connectivity index (χ3v) is 2.44. The minimum absolute atomic E-state index is 0.00633. The molecule has 94 valence electrons. The van der Waals surface area contributed by atoms with Crippen LogP contribution in [0.2, 0.25) is 0 Å². The summed E-state index contributed by atoms with van der Waals surface area (Å²) in [6.07, 6.45) is 0.851. The van der Waals surface area contributed by atoms with Gasteiger partial charge in [0.25, 0.3) is 0 Å². The van der Waals surface area contributed by atoms with E-state index in [1.54, 1.807) is 0 Å². The van der Waals surface area contributed by atoms with Crippen LogP contribution in [-0.4, -0.2) is 10.5 Å². The summed E-state index contributed by atoms with van der Waals surface area (Å²) in [4.78, 5) is 0. The highest BCUT2D eigenvalue weighted by Gasteiger charge is 2.25. The largest absolute Gasteiger partial charge is 0.252 e. The zero-order valence-electron chi connectivity index (χ0n) is 8.16. The fraction of sp³-hybridized carbons (Fsp3) is 0.111. The maximum atomic E-state index is 13.0. The first-order valence-electron chi connectivity index (χ1n) is 3.99. The lowest BCUT2D eigenvalue weighted by atomic mass is 10.1. The molecule has 0 aliphatic rings. The lowest BCUT2D eigenvalue weighted by Crippen LogP contribution is -2.04. The third kappa shape index (κ3) is 2.51. The Balaban J connectivity index is 3.56. The topological polar surface area (TPSA) is 17.1 Å². The summed E-state index contributed by atoms with van der Waals surface area (Å²) in [5.41, 5.74) is -1.46. The molecule has 0 aliphatic heterocycles. The van der Waals surface area contributed by atoms with E-state index in [0.29, 0.717) is 0 Å². The molecule has 1 aromatic rings. The molecule has 1 rings (SSSR count). The molecule has 0 saturated heterocycles. The lowest BCUT2D eigenvalue weighted by Gasteiger charge is -2.04. The van der Waals surface area contributed by atoms with Gasteiger partial charge in [-0.15, -0.1) is 0 Å². The molecule has 0 bridgehead atoms. The smallest absolute Gasteiger partial charge is 0.200 e. The molecule has 1 aromatic carbocycles. The standard InChI is InChI=1S/C9H4F6OS/c1-17(16)4(10)2-3-5(11)7(13)9(15)8(14)6(3)12/h2H,1H3. The lowest BCUT2D eigenvalue weighted by molar-refractivity contribution is 0.376. The number of benzene rings is 1. The van der Waals surface area contributed by atoms with Crippen molar-refractivity contribution in [2.24, 2.45) is 0 Å². The maximum absolute atomic E-state index is 13.0. The highest BCUT2D eigenvalue weighted by atomic mass is 32.2. The molecular weight excluding hydrogens is 270 g/mol. The van der Waals surface area contributed by atoms with E-state index in [9.17, 15) is 30.6 Å². The van der Waals surface area contributed by atoms with Crippen LogP contribution in [0.3, 0.4) is 0 Å². The van der Waals surface area contributed by atoms with Crippen molar-refractivity contribution in [3.63, 3.8) is 0 Å². The minimum Gasteiger partial charge on any atom is -0.252 e. The molecule has 0 N–H and O–H groups in total. The molecule has 1 atom stereocenters. The van der Waals surface area contributed by atoms with Crippen LogP contribution in [0.25, 0.3) is 6.08 Å². The number of hydrogen-bond donors (Lipinski definition) is 0. The predicted molar refractivity (Wildman–Crippen MR) is 49.4 cm³/mol. The van der Waals surface area contributed by atoms with Gasteiger partial charge in [0.2, 0.25) is 5.82 Å². The molecular formula is C9H4F6OS. The molecule has 0 saturated carbocycles. The van der Waals surface area contributed by atoms with Crippen LogP contribution in [0, 0.1) is 29.1 Å². The van der Waals surface area contributed by atoms with Crippen molar-refractivity contribution < 1.29 is 30.6 Å². The van der Waals surface area contributed by atoms with Gasteiger partial charge in [0, 0.05) is 6.26 Å². The normalized spacial score (nSPS) is 13.9. The molecule has 17 heavy (non-hydrogen) atoms. The Labute approximate surface area is 94.2 Å². The zero-order valence-corrected chi connectivity index (χ0v) is 8.98. The van der Waals surface area contributed by atoms with Gasteiger partial charge in [-0.25, -0.2) is 22.0 Å². The van der Waals surface area contributed by atoms with Gasteiger partial charge in [-0.1, -0.05) is 0 Å². The third-order valence-electron chi connectivity index (χ3n) is 1.78. The molecule has 8 heteroatoms. The van der Waals surface area contributed by atoms with Gasteiger partial charge in [-0.2, -0.15) is 4.39 Å². The van der Waals surface area contributed by atoms with Crippen molar-refractivity contribution in [1.29, 1.82) is 0 Å². The van der Waals surface area contributed by atoms with Crippen LogP contribution < -0.4 is 0 Å². The molecule has 0 aromatic heterocycles. The molecule has 0 spiro atoms. The summed E-state index contributed by atoms with van der Waals surface area (Å²) >= 11 is 0. The van der Waals surface area contributed by atoms with Crippen molar-refractivity contribution in [2.45, 2.75) is 0 Å². The van der Waals surface area contributed by atoms with Gasteiger partial charge < -0.3 is 0 Å².